The number of para-hydroxylation sites is 2. The summed E-state index contributed by atoms with van der Waals surface area (Å²) in [5, 5.41) is 11.5. The van der Waals surface area contributed by atoms with Crippen LogP contribution >= 0.6 is 0 Å². The fourth-order valence-electron chi connectivity index (χ4n) is 5.35. The first-order chi connectivity index (χ1) is 15.4. The fourth-order valence-corrected chi connectivity index (χ4v) is 5.35. The molecule has 0 atom stereocenters. The van der Waals surface area contributed by atoms with Crippen LogP contribution in [0.1, 0.15) is 40.7 Å². The Hall–Kier alpha value is -3.33. The summed E-state index contributed by atoms with van der Waals surface area (Å²) in [6.07, 6.45) is 3.01. The topological polar surface area (TPSA) is 122 Å². The number of primary amides is 1. The van der Waals surface area contributed by atoms with Crippen molar-refractivity contribution in [2.75, 3.05) is 31.6 Å². The molecule has 9 heteroatoms. The molecule has 3 aromatic rings. The van der Waals surface area contributed by atoms with E-state index in [1.807, 2.05) is 24.3 Å². The van der Waals surface area contributed by atoms with E-state index in [1.54, 1.807) is 7.11 Å². The van der Waals surface area contributed by atoms with Gasteiger partial charge in [-0.3, -0.25) is 9.20 Å². The number of carboxylic acid groups (broad SMARTS) is 1. The van der Waals surface area contributed by atoms with Crippen molar-refractivity contribution in [3.05, 3.63) is 41.0 Å². The summed E-state index contributed by atoms with van der Waals surface area (Å²) < 4.78 is 7.86. The number of piperidine rings is 1. The van der Waals surface area contributed by atoms with Crippen molar-refractivity contribution < 1.29 is 19.4 Å². The molecule has 0 radical (unpaired) electrons. The molecule has 2 aliphatic rings. The van der Waals surface area contributed by atoms with Crippen molar-refractivity contribution in [2.24, 2.45) is 5.73 Å². The van der Waals surface area contributed by atoms with Crippen LogP contribution < -0.4 is 16.0 Å². The zero-order valence-corrected chi connectivity index (χ0v) is 18.1. The van der Waals surface area contributed by atoms with Crippen LogP contribution in [-0.4, -0.2) is 58.8 Å². The number of nitrogens with zero attached hydrogens (tertiary/aromatic N) is 3. The van der Waals surface area contributed by atoms with E-state index >= 15 is 0 Å². The number of rotatable bonds is 5. The second-order valence-corrected chi connectivity index (χ2v) is 8.67. The number of benzene rings is 1. The van der Waals surface area contributed by atoms with Gasteiger partial charge in [-0.1, -0.05) is 12.1 Å². The van der Waals surface area contributed by atoms with Gasteiger partial charge in [0.05, 0.1) is 28.7 Å². The summed E-state index contributed by atoms with van der Waals surface area (Å²) in [6.45, 7) is 1.67. The maximum Gasteiger partial charge on any atom is 0.404 e. The molecule has 0 unspecified atom stereocenters. The quantitative estimate of drug-likeness (QED) is 0.563. The minimum atomic E-state index is -1.05. The molecule has 1 fully saturated rings. The average Bonchev–Trinajstić information content (AvgIpc) is 3.41. The average molecular weight is 438 g/mol. The number of carbonyl (C=O) groups is 2. The van der Waals surface area contributed by atoms with Crippen molar-refractivity contribution in [3.63, 3.8) is 0 Å². The Bertz CT molecular complexity index is 1230. The lowest BCUT2D eigenvalue weighted by Crippen LogP contribution is -2.52. The highest BCUT2D eigenvalue weighted by Gasteiger charge is 2.38. The molecule has 1 saturated heterocycles. The molecule has 2 amide bonds. The molecule has 3 heterocycles. The molecule has 4 N–H and O–H groups in total. The molecule has 0 spiro atoms. The SMILES string of the molecule is COC1(CNC(=O)O)CCN(c2c3c(c(C(N)=O)c4nc5ccccc5n24)CCC3)CC1. The standard InChI is InChI=1S/C23H27N5O4/c1-32-23(13-25-22(30)31)9-11-27(12-10-23)21-15-6-4-5-14(15)18(19(24)29)20-26-16-7-2-3-8-17(16)28(20)21/h2-3,7-8,25H,4-6,9-13H2,1H3,(H2,24,29)(H,30,31). The van der Waals surface area contributed by atoms with E-state index in [2.05, 4.69) is 14.6 Å². The van der Waals surface area contributed by atoms with Crippen LogP contribution in [0.15, 0.2) is 24.3 Å². The molecule has 0 bridgehead atoms. The van der Waals surface area contributed by atoms with Gasteiger partial charge in [-0.25, -0.2) is 9.78 Å². The van der Waals surface area contributed by atoms with Crippen LogP contribution in [0.5, 0.6) is 0 Å². The lowest BCUT2D eigenvalue weighted by Gasteiger charge is -2.42. The highest BCUT2D eigenvalue weighted by Crippen LogP contribution is 2.40. The van der Waals surface area contributed by atoms with Gasteiger partial charge in [-0.15, -0.1) is 0 Å². The first kappa shape index (κ1) is 20.6. The molecule has 5 rings (SSSR count). The van der Waals surface area contributed by atoms with E-state index in [4.69, 9.17) is 20.6 Å². The molecule has 9 nitrogen and oxygen atoms in total. The van der Waals surface area contributed by atoms with Gasteiger partial charge in [0, 0.05) is 20.2 Å². The van der Waals surface area contributed by atoms with E-state index in [-0.39, 0.29) is 6.54 Å². The van der Waals surface area contributed by atoms with Gasteiger partial charge in [0.15, 0.2) is 5.65 Å². The molecule has 1 aliphatic heterocycles. The van der Waals surface area contributed by atoms with Crippen molar-refractivity contribution in [2.45, 2.75) is 37.7 Å². The number of nitrogens with one attached hydrogen (secondary N) is 1. The summed E-state index contributed by atoms with van der Waals surface area (Å²) >= 11 is 0. The van der Waals surface area contributed by atoms with Gasteiger partial charge < -0.3 is 25.8 Å². The maximum absolute atomic E-state index is 12.5. The second kappa shape index (κ2) is 7.67. The first-order valence-corrected chi connectivity index (χ1v) is 11.0. The Morgan fingerprint density at radius 2 is 1.94 bits per heavy atom. The number of methoxy groups -OCH3 is 1. The third-order valence-corrected chi connectivity index (χ3v) is 7.00. The monoisotopic (exact) mass is 437 g/mol. The van der Waals surface area contributed by atoms with Gasteiger partial charge in [-0.05, 0) is 55.4 Å². The Morgan fingerprint density at radius 1 is 1.22 bits per heavy atom. The summed E-state index contributed by atoms with van der Waals surface area (Å²) in [7, 11) is 1.64. The van der Waals surface area contributed by atoms with Gasteiger partial charge >= 0.3 is 6.09 Å². The molecule has 2 aromatic heterocycles. The third-order valence-electron chi connectivity index (χ3n) is 7.00. The zero-order chi connectivity index (χ0) is 22.5. The number of pyridine rings is 1. The van der Waals surface area contributed by atoms with Crippen molar-refractivity contribution in [1.29, 1.82) is 0 Å². The van der Waals surface area contributed by atoms with Gasteiger partial charge in [0.1, 0.15) is 5.82 Å². The number of fused-ring (bicyclic) bond motifs is 4. The normalized spacial score (nSPS) is 17.6. The minimum Gasteiger partial charge on any atom is -0.465 e. The fraction of sp³-hybridized carbons (Fsp3) is 0.435. The molecular formula is C23H27N5O4. The maximum atomic E-state index is 12.5. The number of hydrogen-bond donors (Lipinski definition) is 3. The molecule has 1 aromatic carbocycles. The predicted octanol–water partition coefficient (Wildman–Crippen LogP) is 2.33. The summed E-state index contributed by atoms with van der Waals surface area (Å²) in [5.41, 5.74) is 10.4. The molecule has 0 saturated carbocycles. The number of aromatic nitrogens is 2. The Balaban J connectivity index is 1.63. The van der Waals surface area contributed by atoms with E-state index in [0.29, 0.717) is 37.1 Å². The van der Waals surface area contributed by atoms with Gasteiger partial charge in [-0.2, -0.15) is 0 Å². The Morgan fingerprint density at radius 3 is 2.62 bits per heavy atom. The largest absolute Gasteiger partial charge is 0.465 e. The summed E-state index contributed by atoms with van der Waals surface area (Å²) in [4.78, 5) is 30.6. The number of hydrogen-bond acceptors (Lipinski definition) is 5. The van der Waals surface area contributed by atoms with Crippen LogP contribution in [0.3, 0.4) is 0 Å². The highest BCUT2D eigenvalue weighted by molar-refractivity contribution is 6.03. The predicted molar refractivity (Wildman–Crippen MR) is 120 cm³/mol. The summed E-state index contributed by atoms with van der Waals surface area (Å²) in [5.74, 6) is 0.633. The smallest absolute Gasteiger partial charge is 0.404 e. The zero-order valence-electron chi connectivity index (χ0n) is 18.1. The number of imidazole rings is 1. The van der Waals surface area contributed by atoms with E-state index in [0.717, 1.165) is 41.7 Å². The van der Waals surface area contributed by atoms with Gasteiger partial charge in [0.2, 0.25) is 0 Å². The number of anilines is 1. The minimum absolute atomic E-state index is 0.259. The highest BCUT2D eigenvalue weighted by atomic mass is 16.5. The van der Waals surface area contributed by atoms with Crippen LogP contribution in [0, 0.1) is 0 Å². The number of carbonyl (C=O) groups excluding carboxylic acids is 1. The molecule has 1 aliphatic carbocycles. The lowest BCUT2D eigenvalue weighted by atomic mass is 9.90. The first-order valence-electron chi connectivity index (χ1n) is 11.0. The lowest BCUT2D eigenvalue weighted by molar-refractivity contribution is -0.0271. The van der Waals surface area contributed by atoms with Gasteiger partial charge in [0.25, 0.3) is 5.91 Å². The third kappa shape index (κ3) is 3.15. The molecule has 32 heavy (non-hydrogen) atoms. The van der Waals surface area contributed by atoms with E-state index in [9.17, 15) is 9.59 Å². The van der Waals surface area contributed by atoms with Crippen molar-refractivity contribution in [1.82, 2.24) is 14.7 Å². The van der Waals surface area contributed by atoms with E-state index < -0.39 is 17.6 Å². The second-order valence-electron chi connectivity index (χ2n) is 8.67. The van der Waals surface area contributed by atoms with Crippen LogP contribution in [0.25, 0.3) is 16.7 Å². The molecule has 168 valence electrons. The Kier molecular flexibility index (Phi) is 4.93. The number of amides is 2. The van der Waals surface area contributed by atoms with Crippen molar-refractivity contribution >= 4 is 34.5 Å². The number of ether oxygens (including phenoxy) is 1. The Labute approximate surface area is 185 Å². The van der Waals surface area contributed by atoms with E-state index in [1.165, 1.54) is 5.56 Å². The van der Waals surface area contributed by atoms with Crippen LogP contribution in [0.2, 0.25) is 0 Å². The summed E-state index contributed by atoms with van der Waals surface area (Å²) in [6, 6.07) is 7.88. The van der Waals surface area contributed by atoms with Crippen LogP contribution in [0.4, 0.5) is 10.6 Å². The molecular weight excluding hydrogens is 410 g/mol. The number of nitrogens with two attached hydrogens (primary N) is 1. The van der Waals surface area contributed by atoms with Crippen LogP contribution in [-0.2, 0) is 17.6 Å². The van der Waals surface area contributed by atoms with Crippen molar-refractivity contribution in [3.8, 4) is 0 Å².